The molecule has 1 unspecified atom stereocenters. The normalized spacial score (nSPS) is 13.4. The van der Waals surface area contributed by atoms with Crippen LogP contribution in [0.3, 0.4) is 0 Å². The van der Waals surface area contributed by atoms with Gasteiger partial charge in [0.25, 0.3) is 0 Å². The highest BCUT2D eigenvalue weighted by Gasteiger charge is 1.96. The topological polar surface area (TPSA) is 24.1 Å². The summed E-state index contributed by atoms with van der Waals surface area (Å²) in [7, 11) is 0. The molecule has 0 bridgehead atoms. The molecular formula is C13H30N2. The molecule has 0 saturated carbocycles. The lowest BCUT2D eigenvalue weighted by atomic mass is 10.2. The number of hydrogen-bond donors (Lipinski definition) is 2. The first-order valence-corrected chi connectivity index (χ1v) is 6.63. The van der Waals surface area contributed by atoms with Crippen LogP contribution in [0.1, 0.15) is 59.8 Å². The molecule has 0 aromatic carbocycles. The van der Waals surface area contributed by atoms with Gasteiger partial charge in [-0.15, -0.1) is 0 Å². The van der Waals surface area contributed by atoms with E-state index >= 15 is 0 Å². The second-order valence-corrected chi connectivity index (χ2v) is 4.79. The molecule has 1 atom stereocenters. The van der Waals surface area contributed by atoms with Crippen molar-refractivity contribution in [2.45, 2.75) is 71.9 Å². The molecule has 0 aliphatic carbocycles. The fraction of sp³-hybridized carbons (Fsp3) is 1.00. The van der Waals surface area contributed by atoms with Crippen molar-refractivity contribution in [3.8, 4) is 0 Å². The highest BCUT2D eigenvalue weighted by atomic mass is 14.9. The Bertz CT molecular complexity index is 124. The van der Waals surface area contributed by atoms with Crippen molar-refractivity contribution in [1.29, 1.82) is 0 Å². The van der Waals surface area contributed by atoms with Crippen LogP contribution in [0.25, 0.3) is 0 Å². The molecule has 15 heavy (non-hydrogen) atoms. The lowest BCUT2D eigenvalue weighted by Crippen LogP contribution is -2.26. The van der Waals surface area contributed by atoms with Crippen LogP contribution in [-0.4, -0.2) is 25.2 Å². The van der Waals surface area contributed by atoms with Gasteiger partial charge in [-0.25, -0.2) is 0 Å². The molecular weight excluding hydrogens is 184 g/mol. The van der Waals surface area contributed by atoms with E-state index in [1.165, 1.54) is 45.2 Å². The zero-order chi connectivity index (χ0) is 11.5. The Balaban J connectivity index is 2.99. The van der Waals surface area contributed by atoms with Crippen LogP contribution in [0.5, 0.6) is 0 Å². The Morgan fingerprint density at radius 1 is 0.800 bits per heavy atom. The minimum Gasteiger partial charge on any atom is -0.315 e. The lowest BCUT2D eigenvalue weighted by Gasteiger charge is -2.11. The molecule has 2 nitrogen and oxygen atoms in total. The Labute approximate surface area is 96.2 Å². The average molecular weight is 214 g/mol. The van der Waals surface area contributed by atoms with Crippen LogP contribution in [0.15, 0.2) is 0 Å². The molecule has 2 heteroatoms. The zero-order valence-electron chi connectivity index (χ0n) is 11.1. The first kappa shape index (κ1) is 14.9. The molecule has 0 amide bonds. The van der Waals surface area contributed by atoms with Crippen molar-refractivity contribution >= 4 is 0 Å². The lowest BCUT2D eigenvalue weighted by molar-refractivity contribution is 0.497. The van der Waals surface area contributed by atoms with Crippen molar-refractivity contribution in [3.05, 3.63) is 0 Å². The highest BCUT2D eigenvalue weighted by molar-refractivity contribution is 4.58. The second-order valence-electron chi connectivity index (χ2n) is 4.79. The smallest absolute Gasteiger partial charge is 0.00360 e. The summed E-state index contributed by atoms with van der Waals surface area (Å²) in [5.41, 5.74) is 0. The van der Waals surface area contributed by atoms with E-state index in [0.717, 1.165) is 0 Å². The van der Waals surface area contributed by atoms with Gasteiger partial charge in [-0.2, -0.15) is 0 Å². The fourth-order valence-electron chi connectivity index (χ4n) is 1.49. The summed E-state index contributed by atoms with van der Waals surface area (Å²) in [4.78, 5) is 0. The Hall–Kier alpha value is -0.0800. The highest BCUT2D eigenvalue weighted by Crippen LogP contribution is 1.99. The maximum absolute atomic E-state index is 3.53. The molecule has 0 fully saturated rings. The van der Waals surface area contributed by atoms with Gasteiger partial charge in [0.1, 0.15) is 0 Å². The third-order valence-electron chi connectivity index (χ3n) is 2.76. The molecule has 0 rings (SSSR count). The third-order valence-corrected chi connectivity index (χ3v) is 2.76. The van der Waals surface area contributed by atoms with Gasteiger partial charge in [-0.05, 0) is 39.3 Å². The van der Waals surface area contributed by atoms with Gasteiger partial charge < -0.3 is 10.6 Å². The van der Waals surface area contributed by atoms with Gasteiger partial charge in [0.15, 0.2) is 0 Å². The largest absolute Gasteiger partial charge is 0.315 e. The van der Waals surface area contributed by atoms with Gasteiger partial charge >= 0.3 is 0 Å². The number of nitrogens with one attached hydrogen (secondary N) is 2. The summed E-state index contributed by atoms with van der Waals surface area (Å²) in [5, 5.41) is 6.97. The Morgan fingerprint density at radius 3 is 1.80 bits per heavy atom. The first-order chi connectivity index (χ1) is 7.16. The second kappa shape index (κ2) is 10.4. The van der Waals surface area contributed by atoms with Crippen molar-refractivity contribution in [2.24, 2.45) is 0 Å². The van der Waals surface area contributed by atoms with E-state index in [1.54, 1.807) is 0 Å². The standard InChI is InChI=1S/C13H30N2/c1-5-13(4)15-11-9-7-6-8-10-14-12(2)3/h12-15H,5-11H2,1-4H3. The van der Waals surface area contributed by atoms with Crippen LogP contribution >= 0.6 is 0 Å². The third kappa shape index (κ3) is 11.8. The van der Waals surface area contributed by atoms with Gasteiger partial charge in [-0.1, -0.05) is 33.6 Å². The maximum atomic E-state index is 3.53. The van der Waals surface area contributed by atoms with E-state index < -0.39 is 0 Å². The van der Waals surface area contributed by atoms with Crippen molar-refractivity contribution in [2.75, 3.05) is 13.1 Å². The molecule has 0 aromatic heterocycles. The average Bonchev–Trinajstić information content (AvgIpc) is 2.21. The van der Waals surface area contributed by atoms with Gasteiger partial charge in [-0.3, -0.25) is 0 Å². The molecule has 0 radical (unpaired) electrons. The van der Waals surface area contributed by atoms with E-state index in [0.29, 0.717) is 12.1 Å². The molecule has 0 spiro atoms. The predicted octanol–water partition coefficient (Wildman–Crippen LogP) is 2.93. The minimum absolute atomic E-state index is 0.636. The van der Waals surface area contributed by atoms with Crippen molar-refractivity contribution < 1.29 is 0 Å². The van der Waals surface area contributed by atoms with E-state index in [4.69, 9.17) is 0 Å². The molecule has 0 aliphatic rings. The monoisotopic (exact) mass is 214 g/mol. The summed E-state index contributed by atoms with van der Waals surface area (Å²) < 4.78 is 0. The van der Waals surface area contributed by atoms with Gasteiger partial charge in [0.05, 0.1) is 0 Å². The Kier molecular flexibility index (Phi) is 10.4. The Morgan fingerprint density at radius 2 is 1.33 bits per heavy atom. The SMILES string of the molecule is CCC(C)NCCCCCCNC(C)C. The molecule has 2 N–H and O–H groups in total. The van der Waals surface area contributed by atoms with Crippen LogP contribution < -0.4 is 10.6 Å². The molecule has 0 heterocycles. The summed E-state index contributed by atoms with van der Waals surface area (Å²) in [6.45, 7) is 11.3. The van der Waals surface area contributed by atoms with E-state index in [2.05, 4.69) is 38.3 Å². The quantitative estimate of drug-likeness (QED) is 0.546. The van der Waals surface area contributed by atoms with E-state index in [1.807, 2.05) is 0 Å². The van der Waals surface area contributed by atoms with Gasteiger partial charge in [0, 0.05) is 12.1 Å². The molecule has 0 aromatic rings. The fourth-order valence-corrected chi connectivity index (χ4v) is 1.49. The summed E-state index contributed by atoms with van der Waals surface area (Å²) >= 11 is 0. The number of unbranched alkanes of at least 4 members (excludes halogenated alkanes) is 3. The van der Waals surface area contributed by atoms with E-state index in [9.17, 15) is 0 Å². The van der Waals surface area contributed by atoms with Crippen molar-refractivity contribution in [3.63, 3.8) is 0 Å². The summed E-state index contributed by atoms with van der Waals surface area (Å²) in [5.74, 6) is 0. The van der Waals surface area contributed by atoms with Crippen LogP contribution in [-0.2, 0) is 0 Å². The van der Waals surface area contributed by atoms with Crippen LogP contribution in [0, 0.1) is 0 Å². The predicted molar refractivity (Wildman–Crippen MR) is 69.4 cm³/mol. The summed E-state index contributed by atoms with van der Waals surface area (Å²) in [6, 6.07) is 1.32. The number of hydrogen-bond acceptors (Lipinski definition) is 2. The summed E-state index contributed by atoms with van der Waals surface area (Å²) in [6.07, 6.45) is 6.61. The molecule has 0 aliphatic heterocycles. The number of rotatable bonds is 10. The van der Waals surface area contributed by atoms with E-state index in [-0.39, 0.29) is 0 Å². The maximum Gasteiger partial charge on any atom is 0.00360 e. The first-order valence-electron chi connectivity index (χ1n) is 6.63. The molecule has 92 valence electrons. The van der Waals surface area contributed by atoms with Gasteiger partial charge in [0.2, 0.25) is 0 Å². The van der Waals surface area contributed by atoms with Crippen LogP contribution in [0.2, 0.25) is 0 Å². The zero-order valence-corrected chi connectivity index (χ0v) is 11.1. The van der Waals surface area contributed by atoms with Crippen molar-refractivity contribution in [1.82, 2.24) is 10.6 Å². The molecule has 0 saturated heterocycles. The van der Waals surface area contributed by atoms with Crippen LogP contribution in [0.4, 0.5) is 0 Å². The minimum atomic E-state index is 0.636.